The van der Waals surface area contributed by atoms with Crippen LogP contribution in [0.2, 0.25) is 0 Å². The number of rotatable bonds is 1. The fourth-order valence-electron chi connectivity index (χ4n) is 1.66. The van der Waals surface area contributed by atoms with Gasteiger partial charge in [0.2, 0.25) is 0 Å². The number of carbonyl (C=O) groups is 1. The van der Waals surface area contributed by atoms with Crippen LogP contribution in [0.1, 0.15) is 33.6 Å². The Morgan fingerprint density at radius 1 is 1.55 bits per heavy atom. The molecule has 0 radical (unpaired) electrons. The van der Waals surface area contributed by atoms with Crippen LogP contribution >= 0.6 is 0 Å². The molecule has 0 aromatic rings. The van der Waals surface area contributed by atoms with Gasteiger partial charge in [0.15, 0.2) is 5.78 Å². The minimum Gasteiger partial charge on any atom is -0.295 e. The molecule has 0 aromatic carbocycles. The monoisotopic (exact) mass is 152 g/mol. The molecule has 0 spiro atoms. The Labute approximate surface area is 68.5 Å². The zero-order valence-corrected chi connectivity index (χ0v) is 7.55. The molecule has 0 saturated heterocycles. The van der Waals surface area contributed by atoms with Crippen LogP contribution in [0.4, 0.5) is 0 Å². The topological polar surface area (TPSA) is 17.1 Å². The lowest BCUT2D eigenvalue weighted by Gasteiger charge is -2.22. The average molecular weight is 152 g/mol. The highest BCUT2D eigenvalue weighted by Gasteiger charge is 2.19. The second kappa shape index (κ2) is 3.21. The van der Waals surface area contributed by atoms with Crippen molar-refractivity contribution in [2.75, 3.05) is 0 Å². The minimum absolute atomic E-state index is 0.312. The molecule has 1 aliphatic carbocycles. The van der Waals surface area contributed by atoms with E-state index in [2.05, 4.69) is 20.8 Å². The van der Waals surface area contributed by atoms with Gasteiger partial charge in [-0.3, -0.25) is 4.79 Å². The van der Waals surface area contributed by atoms with Crippen LogP contribution in [-0.4, -0.2) is 5.78 Å². The molecule has 11 heavy (non-hydrogen) atoms. The van der Waals surface area contributed by atoms with E-state index in [0.717, 1.165) is 12.8 Å². The summed E-state index contributed by atoms with van der Waals surface area (Å²) in [5, 5.41) is 0. The third kappa shape index (κ3) is 1.92. The second-order valence-electron chi connectivity index (χ2n) is 3.71. The van der Waals surface area contributed by atoms with E-state index in [1.165, 1.54) is 5.57 Å². The molecule has 0 aromatic heterocycles. The second-order valence-corrected chi connectivity index (χ2v) is 3.71. The molecular formula is C10H16O. The summed E-state index contributed by atoms with van der Waals surface area (Å²) in [5.41, 5.74) is 1.33. The van der Waals surface area contributed by atoms with Crippen molar-refractivity contribution in [2.24, 2.45) is 11.8 Å². The molecule has 0 N–H and O–H groups in total. The summed E-state index contributed by atoms with van der Waals surface area (Å²) < 4.78 is 0. The summed E-state index contributed by atoms with van der Waals surface area (Å²) in [7, 11) is 0. The summed E-state index contributed by atoms with van der Waals surface area (Å²) in [6.07, 6.45) is 3.64. The van der Waals surface area contributed by atoms with Crippen LogP contribution < -0.4 is 0 Å². The van der Waals surface area contributed by atoms with Gasteiger partial charge < -0.3 is 0 Å². The summed E-state index contributed by atoms with van der Waals surface area (Å²) in [6, 6.07) is 0. The molecule has 1 heteroatoms. The summed E-state index contributed by atoms with van der Waals surface area (Å²) in [6.45, 7) is 6.51. The molecule has 1 atom stereocenters. The van der Waals surface area contributed by atoms with Crippen LogP contribution in [0.3, 0.4) is 0 Å². The summed E-state index contributed by atoms with van der Waals surface area (Å²) in [5.74, 6) is 1.47. The van der Waals surface area contributed by atoms with Crippen LogP contribution in [-0.2, 0) is 4.79 Å². The van der Waals surface area contributed by atoms with E-state index in [4.69, 9.17) is 0 Å². The lowest BCUT2D eigenvalue weighted by Crippen LogP contribution is -2.14. The van der Waals surface area contributed by atoms with Crippen LogP contribution in [0, 0.1) is 11.8 Å². The molecule has 1 nitrogen and oxygen atoms in total. The van der Waals surface area contributed by atoms with Crippen molar-refractivity contribution in [1.82, 2.24) is 0 Å². The van der Waals surface area contributed by atoms with Crippen molar-refractivity contribution < 1.29 is 4.79 Å². The lowest BCUT2D eigenvalue weighted by atomic mass is 9.83. The Hall–Kier alpha value is -0.590. The van der Waals surface area contributed by atoms with Gasteiger partial charge in [-0.15, -0.1) is 0 Å². The van der Waals surface area contributed by atoms with Gasteiger partial charge in [0.25, 0.3) is 0 Å². The molecule has 0 amide bonds. The Kier molecular flexibility index (Phi) is 2.48. The largest absolute Gasteiger partial charge is 0.295 e. The highest BCUT2D eigenvalue weighted by Crippen LogP contribution is 2.27. The number of ketones is 1. The molecule has 0 fully saturated rings. The van der Waals surface area contributed by atoms with E-state index >= 15 is 0 Å². The van der Waals surface area contributed by atoms with Gasteiger partial charge in [-0.25, -0.2) is 0 Å². The lowest BCUT2D eigenvalue weighted by molar-refractivity contribution is -0.115. The maximum atomic E-state index is 11.0. The molecule has 0 aliphatic heterocycles. The maximum Gasteiger partial charge on any atom is 0.155 e. The standard InChI is InChI=1S/C10H16O/c1-7(2)10-6-9(11)5-4-8(10)3/h6-8H,4-5H2,1-3H3. The van der Waals surface area contributed by atoms with Gasteiger partial charge in [0.1, 0.15) is 0 Å². The van der Waals surface area contributed by atoms with Crippen LogP contribution in [0.25, 0.3) is 0 Å². The van der Waals surface area contributed by atoms with Gasteiger partial charge in [-0.05, 0) is 24.3 Å². The van der Waals surface area contributed by atoms with E-state index in [1.807, 2.05) is 6.08 Å². The van der Waals surface area contributed by atoms with Crippen molar-refractivity contribution >= 4 is 5.78 Å². The van der Waals surface area contributed by atoms with Crippen molar-refractivity contribution in [3.63, 3.8) is 0 Å². The smallest absolute Gasteiger partial charge is 0.155 e. The van der Waals surface area contributed by atoms with Crippen LogP contribution in [0.15, 0.2) is 11.6 Å². The minimum atomic E-state index is 0.312. The third-order valence-corrected chi connectivity index (χ3v) is 2.39. The molecule has 1 aliphatic rings. The molecule has 0 bridgehead atoms. The van der Waals surface area contributed by atoms with Crippen molar-refractivity contribution in [2.45, 2.75) is 33.6 Å². The average Bonchev–Trinajstić information content (AvgIpc) is 1.94. The zero-order valence-electron chi connectivity index (χ0n) is 7.55. The number of hydrogen-bond acceptors (Lipinski definition) is 1. The fraction of sp³-hybridized carbons (Fsp3) is 0.700. The molecule has 62 valence electrons. The third-order valence-electron chi connectivity index (χ3n) is 2.39. The quantitative estimate of drug-likeness (QED) is 0.564. The number of hydrogen-bond donors (Lipinski definition) is 0. The molecule has 0 saturated carbocycles. The molecule has 1 unspecified atom stereocenters. The Balaban J connectivity index is 2.79. The van der Waals surface area contributed by atoms with Crippen molar-refractivity contribution in [1.29, 1.82) is 0 Å². The van der Waals surface area contributed by atoms with Crippen molar-refractivity contribution in [3.05, 3.63) is 11.6 Å². The SMILES string of the molecule is CC(C)C1=CC(=O)CCC1C. The normalized spacial score (nSPS) is 25.6. The maximum absolute atomic E-state index is 11.0. The fourth-order valence-corrected chi connectivity index (χ4v) is 1.66. The van der Waals surface area contributed by atoms with Gasteiger partial charge >= 0.3 is 0 Å². The van der Waals surface area contributed by atoms with E-state index in [1.54, 1.807) is 0 Å². The number of carbonyl (C=O) groups excluding carboxylic acids is 1. The van der Waals surface area contributed by atoms with E-state index in [9.17, 15) is 4.79 Å². The first-order valence-electron chi connectivity index (χ1n) is 4.35. The highest BCUT2D eigenvalue weighted by molar-refractivity contribution is 5.91. The van der Waals surface area contributed by atoms with E-state index in [0.29, 0.717) is 17.6 Å². The van der Waals surface area contributed by atoms with E-state index in [-0.39, 0.29) is 0 Å². The first kappa shape index (κ1) is 8.51. The molecular weight excluding hydrogens is 136 g/mol. The molecule has 1 rings (SSSR count). The highest BCUT2D eigenvalue weighted by atomic mass is 16.1. The Morgan fingerprint density at radius 3 is 2.64 bits per heavy atom. The van der Waals surface area contributed by atoms with Gasteiger partial charge in [-0.2, -0.15) is 0 Å². The molecule has 0 heterocycles. The van der Waals surface area contributed by atoms with Crippen molar-refractivity contribution in [3.8, 4) is 0 Å². The predicted molar refractivity (Wildman–Crippen MR) is 46.3 cm³/mol. The van der Waals surface area contributed by atoms with E-state index < -0.39 is 0 Å². The zero-order chi connectivity index (χ0) is 8.43. The Morgan fingerprint density at radius 2 is 2.18 bits per heavy atom. The predicted octanol–water partition coefficient (Wildman–Crippen LogP) is 2.57. The van der Waals surface area contributed by atoms with Crippen LogP contribution in [0.5, 0.6) is 0 Å². The van der Waals surface area contributed by atoms with Gasteiger partial charge in [0.05, 0.1) is 0 Å². The number of allylic oxidation sites excluding steroid dienone is 2. The first-order valence-corrected chi connectivity index (χ1v) is 4.35. The summed E-state index contributed by atoms with van der Waals surface area (Å²) >= 11 is 0. The van der Waals surface area contributed by atoms with Gasteiger partial charge in [-0.1, -0.05) is 26.3 Å². The van der Waals surface area contributed by atoms with Gasteiger partial charge in [0, 0.05) is 6.42 Å². The Bertz CT molecular complexity index is 189. The summed E-state index contributed by atoms with van der Waals surface area (Å²) in [4.78, 5) is 11.0. The first-order chi connectivity index (χ1) is 5.11.